The van der Waals surface area contributed by atoms with Crippen LogP contribution in [0.3, 0.4) is 0 Å². The SMILES string of the molecule is CC(C)(CS(=O)(=O)CC(=O)Nc1ccc(F)cc1)C(=O)O. The summed E-state index contributed by atoms with van der Waals surface area (Å²) in [4.78, 5) is 22.5. The van der Waals surface area contributed by atoms with Crippen LogP contribution in [0.25, 0.3) is 0 Å². The molecule has 21 heavy (non-hydrogen) atoms. The highest BCUT2D eigenvalue weighted by molar-refractivity contribution is 7.92. The third kappa shape index (κ3) is 5.50. The molecule has 0 fully saturated rings. The summed E-state index contributed by atoms with van der Waals surface area (Å²) in [5.41, 5.74) is -1.22. The van der Waals surface area contributed by atoms with Gasteiger partial charge in [0.25, 0.3) is 0 Å². The molecule has 0 atom stereocenters. The minimum absolute atomic E-state index is 0.258. The van der Waals surface area contributed by atoms with Crippen LogP contribution < -0.4 is 5.32 Å². The van der Waals surface area contributed by atoms with E-state index in [1.807, 2.05) is 0 Å². The fourth-order valence-corrected chi connectivity index (χ4v) is 3.39. The smallest absolute Gasteiger partial charge is 0.310 e. The number of carbonyl (C=O) groups excluding carboxylic acids is 1. The quantitative estimate of drug-likeness (QED) is 0.823. The van der Waals surface area contributed by atoms with Gasteiger partial charge in [-0.25, -0.2) is 12.8 Å². The van der Waals surface area contributed by atoms with Crippen LogP contribution in [0.2, 0.25) is 0 Å². The summed E-state index contributed by atoms with van der Waals surface area (Å²) in [6.45, 7) is 2.54. The Kier molecular flexibility index (Phi) is 5.06. The Bertz CT molecular complexity index is 637. The van der Waals surface area contributed by atoms with Crippen molar-refractivity contribution >= 4 is 27.4 Å². The first kappa shape index (κ1) is 17.1. The Balaban J connectivity index is 2.69. The Morgan fingerprint density at radius 2 is 1.76 bits per heavy atom. The number of anilines is 1. The summed E-state index contributed by atoms with van der Waals surface area (Å²) in [5, 5.41) is 11.2. The van der Waals surface area contributed by atoms with Crippen molar-refractivity contribution < 1.29 is 27.5 Å². The van der Waals surface area contributed by atoms with Crippen LogP contribution in [-0.2, 0) is 19.4 Å². The molecule has 0 radical (unpaired) electrons. The van der Waals surface area contributed by atoms with Gasteiger partial charge in [0.05, 0.1) is 11.2 Å². The van der Waals surface area contributed by atoms with Gasteiger partial charge in [-0.1, -0.05) is 0 Å². The predicted octanol–water partition coefficient (Wildman–Crippen LogP) is 1.29. The van der Waals surface area contributed by atoms with E-state index < -0.39 is 44.5 Å². The van der Waals surface area contributed by atoms with Gasteiger partial charge in [-0.2, -0.15) is 0 Å². The maximum atomic E-state index is 12.7. The largest absolute Gasteiger partial charge is 0.481 e. The highest BCUT2D eigenvalue weighted by Crippen LogP contribution is 2.18. The van der Waals surface area contributed by atoms with E-state index in [1.54, 1.807) is 0 Å². The predicted molar refractivity (Wildman–Crippen MR) is 75.1 cm³/mol. The molecule has 0 saturated heterocycles. The van der Waals surface area contributed by atoms with Gasteiger partial charge in [-0.3, -0.25) is 9.59 Å². The van der Waals surface area contributed by atoms with Crippen molar-refractivity contribution in [3.8, 4) is 0 Å². The number of halogens is 1. The van der Waals surface area contributed by atoms with E-state index in [0.717, 1.165) is 12.1 Å². The number of amides is 1. The lowest BCUT2D eigenvalue weighted by atomic mass is 9.97. The van der Waals surface area contributed by atoms with Crippen LogP contribution in [0.4, 0.5) is 10.1 Å². The van der Waals surface area contributed by atoms with E-state index in [9.17, 15) is 22.4 Å². The van der Waals surface area contributed by atoms with Crippen LogP contribution in [0.15, 0.2) is 24.3 Å². The summed E-state index contributed by atoms with van der Waals surface area (Å²) in [7, 11) is -3.88. The Morgan fingerprint density at radius 3 is 2.24 bits per heavy atom. The summed E-state index contributed by atoms with van der Waals surface area (Å²) in [6, 6.07) is 4.83. The highest BCUT2D eigenvalue weighted by atomic mass is 32.2. The molecule has 1 amide bonds. The minimum Gasteiger partial charge on any atom is -0.481 e. The van der Waals surface area contributed by atoms with Crippen molar-refractivity contribution in [1.29, 1.82) is 0 Å². The van der Waals surface area contributed by atoms with Gasteiger partial charge in [0, 0.05) is 5.69 Å². The number of nitrogens with one attached hydrogen (secondary N) is 1. The second-order valence-corrected chi connectivity index (χ2v) is 7.34. The normalized spacial score (nSPS) is 12.0. The van der Waals surface area contributed by atoms with E-state index in [2.05, 4.69) is 5.32 Å². The molecule has 116 valence electrons. The number of carbonyl (C=O) groups is 2. The number of carboxylic acids is 1. The third-order valence-electron chi connectivity index (χ3n) is 2.64. The van der Waals surface area contributed by atoms with Crippen LogP contribution in [-0.4, -0.2) is 36.9 Å². The zero-order valence-corrected chi connectivity index (χ0v) is 12.4. The van der Waals surface area contributed by atoms with Gasteiger partial charge in [0.15, 0.2) is 9.84 Å². The van der Waals surface area contributed by atoms with Gasteiger partial charge in [-0.15, -0.1) is 0 Å². The van der Waals surface area contributed by atoms with Crippen molar-refractivity contribution in [3.63, 3.8) is 0 Å². The van der Waals surface area contributed by atoms with Crippen LogP contribution in [0, 0.1) is 11.2 Å². The van der Waals surface area contributed by atoms with Crippen molar-refractivity contribution in [1.82, 2.24) is 0 Å². The van der Waals surface area contributed by atoms with Crippen LogP contribution in [0.1, 0.15) is 13.8 Å². The molecule has 0 bridgehead atoms. The molecule has 6 nitrogen and oxygen atoms in total. The molecule has 0 unspecified atom stereocenters. The molecule has 1 aromatic carbocycles. The number of hydrogen-bond donors (Lipinski definition) is 2. The molecule has 1 aromatic rings. The third-order valence-corrected chi connectivity index (χ3v) is 4.50. The molecule has 0 aliphatic carbocycles. The number of sulfone groups is 1. The van der Waals surface area contributed by atoms with Crippen LogP contribution >= 0.6 is 0 Å². The number of rotatable bonds is 6. The first-order valence-corrected chi connectivity index (χ1v) is 7.83. The van der Waals surface area contributed by atoms with Crippen molar-refractivity contribution in [2.24, 2.45) is 5.41 Å². The van der Waals surface area contributed by atoms with Gasteiger partial charge >= 0.3 is 5.97 Å². The van der Waals surface area contributed by atoms with E-state index in [0.29, 0.717) is 0 Å². The fraction of sp³-hybridized carbons (Fsp3) is 0.385. The molecule has 0 spiro atoms. The number of hydrogen-bond acceptors (Lipinski definition) is 4. The molecular weight excluding hydrogens is 301 g/mol. The molecule has 0 aliphatic rings. The van der Waals surface area contributed by atoms with Gasteiger partial charge in [0.1, 0.15) is 11.6 Å². The molecule has 0 aliphatic heterocycles. The minimum atomic E-state index is -3.88. The second kappa shape index (κ2) is 6.21. The Morgan fingerprint density at radius 1 is 1.24 bits per heavy atom. The maximum Gasteiger partial charge on any atom is 0.310 e. The molecule has 8 heteroatoms. The maximum absolute atomic E-state index is 12.7. The van der Waals surface area contributed by atoms with E-state index in [1.165, 1.54) is 26.0 Å². The molecular formula is C13H16FNO5S. The van der Waals surface area contributed by atoms with Crippen LogP contribution in [0.5, 0.6) is 0 Å². The summed E-state index contributed by atoms with van der Waals surface area (Å²) >= 11 is 0. The molecule has 1 rings (SSSR count). The second-order valence-electron chi connectivity index (χ2n) is 5.28. The van der Waals surface area contributed by atoms with Crippen molar-refractivity contribution in [2.75, 3.05) is 16.8 Å². The van der Waals surface area contributed by atoms with Crippen molar-refractivity contribution in [2.45, 2.75) is 13.8 Å². The molecule has 0 saturated carbocycles. The fourth-order valence-electron chi connectivity index (χ4n) is 1.59. The number of carboxylic acid groups (broad SMARTS) is 1. The summed E-state index contributed by atoms with van der Waals surface area (Å²) in [5.74, 6) is -4.02. The van der Waals surface area contributed by atoms with Gasteiger partial charge in [-0.05, 0) is 38.1 Å². The van der Waals surface area contributed by atoms with E-state index in [4.69, 9.17) is 5.11 Å². The van der Waals surface area contributed by atoms with Gasteiger partial charge < -0.3 is 10.4 Å². The van der Waals surface area contributed by atoms with E-state index >= 15 is 0 Å². The zero-order chi connectivity index (χ0) is 16.3. The highest BCUT2D eigenvalue weighted by Gasteiger charge is 2.34. The molecule has 2 N–H and O–H groups in total. The zero-order valence-electron chi connectivity index (χ0n) is 11.6. The number of benzene rings is 1. The first-order chi connectivity index (χ1) is 9.52. The average molecular weight is 317 g/mol. The summed E-state index contributed by atoms with van der Waals surface area (Å²) < 4.78 is 36.3. The lowest BCUT2D eigenvalue weighted by molar-refractivity contribution is -0.145. The Hall–Kier alpha value is -1.96. The van der Waals surface area contributed by atoms with Crippen molar-refractivity contribution in [3.05, 3.63) is 30.1 Å². The molecule has 0 aromatic heterocycles. The standard InChI is InChI=1S/C13H16FNO5S/c1-13(2,12(17)18)8-21(19,20)7-11(16)15-10-5-3-9(14)4-6-10/h3-6H,7-8H2,1-2H3,(H,15,16)(H,17,18). The number of aliphatic carboxylic acids is 1. The average Bonchev–Trinajstić information content (AvgIpc) is 2.29. The lowest BCUT2D eigenvalue weighted by Gasteiger charge is -2.18. The van der Waals surface area contributed by atoms with Gasteiger partial charge in [0.2, 0.25) is 5.91 Å². The lowest BCUT2D eigenvalue weighted by Crippen LogP contribution is -2.35. The van der Waals surface area contributed by atoms with E-state index in [-0.39, 0.29) is 5.69 Å². The Labute approximate surface area is 121 Å². The summed E-state index contributed by atoms with van der Waals surface area (Å²) in [6.07, 6.45) is 0. The molecule has 0 heterocycles. The topological polar surface area (TPSA) is 101 Å². The monoisotopic (exact) mass is 317 g/mol. The first-order valence-electron chi connectivity index (χ1n) is 6.01.